The number of rotatable bonds is 8. The Morgan fingerprint density at radius 2 is 1.92 bits per heavy atom. The van der Waals surface area contributed by atoms with Crippen LogP contribution in [0.1, 0.15) is 25.3 Å². The summed E-state index contributed by atoms with van der Waals surface area (Å²) >= 11 is 0. The Hall–Kier alpha value is -1.44. The lowest BCUT2D eigenvalue weighted by Gasteiger charge is -2.30. The summed E-state index contributed by atoms with van der Waals surface area (Å²) in [6.45, 7) is 3.93. The molecule has 1 fully saturated rings. The molecule has 0 radical (unpaired) electrons. The summed E-state index contributed by atoms with van der Waals surface area (Å²) < 4.78 is 32.4. The molecule has 0 aromatic heterocycles. The van der Waals surface area contributed by atoms with Gasteiger partial charge in [0.25, 0.3) is 0 Å². The lowest BCUT2D eigenvalue weighted by Crippen LogP contribution is -2.52. The van der Waals surface area contributed by atoms with Crippen molar-refractivity contribution < 1.29 is 17.9 Å². The Labute approximate surface area is 144 Å². The van der Waals surface area contributed by atoms with Crippen LogP contribution in [0.15, 0.2) is 30.3 Å². The third kappa shape index (κ3) is 5.89. The van der Waals surface area contributed by atoms with Crippen molar-refractivity contribution in [2.24, 2.45) is 0 Å². The second-order valence-electron chi connectivity index (χ2n) is 5.97. The van der Waals surface area contributed by atoms with Gasteiger partial charge in [-0.1, -0.05) is 43.7 Å². The Bertz CT molecular complexity index is 613. The van der Waals surface area contributed by atoms with Crippen molar-refractivity contribution >= 4 is 15.9 Å². The summed E-state index contributed by atoms with van der Waals surface area (Å²) in [6, 6.07) is 8.70. The smallest absolute Gasteiger partial charge is 0.241 e. The highest BCUT2D eigenvalue weighted by atomic mass is 32.2. The van der Waals surface area contributed by atoms with E-state index in [1.165, 1.54) is 0 Å². The summed E-state index contributed by atoms with van der Waals surface area (Å²) in [4.78, 5) is 14.5. The Balaban J connectivity index is 2.12. The number of carbonyl (C=O) groups excluding carboxylic acids is 1. The summed E-state index contributed by atoms with van der Waals surface area (Å²) in [5.41, 5.74) is 0.933. The van der Waals surface area contributed by atoms with Crippen LogP contribution in [0.25, 0.3) is 0 Å². The molecule has 1 atom stereocenters. The Morgan fingerprint density at radius 1 is 1.25 bits per heavy atom. The van der Waals surface area contributed by atoms with Gasteiger partial charge in [-0.15, -0.1) is 0 Å². The number of carbonyl (C=O) groups is 1. The zero-order chi connectivity index (χ0) is 17.4. The zero-order valence-corrected chi connectivity index (χ0v) is 14.9. The van der Waals surface area contributed by atoms with Gasteiger partial charge < -0.3 is 9.64 Å². The van der Waals surface area contributed by atoms with Crippen molar-refractivity contribution in [2.45, 2.75) is 32.2 Å². The van der Waals surface area contributed by atoms with E-state index in [9.17, 15) is 13.2 Å². The maximum absolute atomic E-state index is 12.8. The number of amides is 1. The topological polar surface area (TPSA) is 75.7 Å². The maximum Gasteiger partial charge on any atom is 0.241 e. The minimum atomic E-state index is -3.48. The van der Waals surface area contributed by atoms with E-state index < -0.39 is 16.1 Å². The molecule has 1 aromatic carbocycles. The van der Waals surface area contributed by atoms with E-state index in [1.54, 1.807) is 4.90 Å². The largest absolute Gasteiger partial charge is 0.378 e. The normalized spacial score (nSPS) is 16.8. The van der Waals surface area contributed by atoms with Crippen molar-refractivity contribution in [3.8, 4) is 0 Å². The van der Waals surface area contributed by atoms with E-state index >= 15 is 0 Å². The SMILES string of the molecule is CCCCS(=O)(=O)N[C@@H](Cc1ccccc1)C(=O)N1CCOCC1. The second-order valence-corrected chi connectivity index (χ2v) is 7.84. The molecule has 24 heavy (non-hydrogen) atoms. The van der Waals surface area contributed by atoms with Crippen molar-refractivity contribution in [3.05, 3.63) is 35.9 Å². The summed E-state index contributed by atoms with van der Waals surface area (Å²) in [7, 11) is -3.48. The van der Waals surface area contributed by atoms with E-state index in [0.717, 1.165) is 12.0 Å². The number of hydrogen-bond acceptors (Lipinski definition) is 4. The predicted octanol–water partition coefficient (Wildman–Crippen LogP) is 1.18. The van der Waals surface area contributed by atoms with Gasteiger partial charge >= 0.3 is 0 Å². The van der Waals surface area contributed by atoms with Crippen LogP contribution in [0.4, 0.5) is 0 Å². The number of hydrogen-bond donors (Lipinski definition) is 1. The van der Waals surface area contributed by atoms with Crippen molar-refractivity contribution in [1.29, 1.82) is 0 Å². The van der Waals surface area contributed by atoms with Gasteiger partial charge in [-0.3, -0.25) is 4.79 Å². The lowest BCUT2D eigenvalue weighted by atomic mass is 10.1. The molecule has 1 saturated heterocycles. The third-order valence-corrected chi connectivity index (χ3v) is 5.46. The molecule has 134 valence electrons. The molecular formula is C17H26N2O4S. The van der Waals surface area contributed by atoms with Crippen molar-refractivity contribution in [1.82, 2.24) is 9.62 Å². The van der Waals surface area contributed by atoms with Gasteiger partial charge in [0.05, 0.1) is 19.0 Å². The molecule has 0 saturated carbocycles. The minimum absolute atomic E-state index is 0.0468. The first-order chi connectivity index (χ1) is 11.5. The standard InChI is InChI=1S/C17H26N2O4S/c1-2-3-13-24(21,22)18-16(14-15-7-5-4-6-8-15)17(20)19-9-11-23-12-10-19/h4-8,16,18H,2-3,9-14H2,1H3/t16-/m0/s1. The fourth-order valence-electron chi connectivity index (χ4n) is 2.64. The molecule has 6 nitrogen and oxygen atoms in total. The van der Waals surface area contributed by atoms with Gasteiger partial charge in [-0.2, -0.15) is 0 Å². The fraction of sp³-hybridized carbons (Fsp3) is 0.588. The van der Waals surface area contributed by atoms with Crippen LogP contribution in [-0.2, 0) is 26.0 Å². The van der Waals surface area contributed by atoms with E-state index in [2.05, 4.69) is 4.72 Å². The molecule has 0 bridgehead atoms. The molecule has 1 aliphatic rings. The third-order valence-electron chi connectivity index (χ3n) is 3.99. The van der Waals surface area contributed by atoms with Crippen LogP contribution >= 0.6 is 0 Å². The first-order valence-corrected chi connectivity index (χ1v) is 10.1. The van der Waals surface area contributed by atoms with Crippen molar-refractivity contribution in [3.63, 3.8) is 0 Å². The van der Waals surface area contributed by atoms with E-state index in [0.29, 0.717) is 39.1 Å². The zero-order valence-electron chi connectivity index (χ0n) is 14.1. The van der Waals surface area contributed by atoms with Gasteiger partial charge in [0.2, 0.25) is 15.9 Å². The number of nitrogens with one attached hydrogen (secondary N) is 1. The van der Waals surface area contributed by atoms with E-state index in [4.69, 9.17) is 4.74 Å². The monoisotopic (exact) mass is 354 g/mol. The van der Waals surface area contributed by atoms with Crippen LogP contribution in [0.3, 0.4) is 0 Å². The number of nitrogens with zero attached hydrogens (tertiary/aromatic N) is 1. The fourth-order valence-corrected chi connectivity index (χ4v) is 4.05. The van der Waals surface area contributed by atoms with Crippen LogP contribution in [0.5, 0.6) is 0 Å². The highest BCUT2D eigenvalue weighted by Crippen LogP contribution is 2.09. The van der Waals surface area contributed by atoms with Crippen LogP contribution in [0, 0.1) is 0 Å². The lowest BCUT2D eigenvalue weighted by molar-refractivity contribution is -0.137. The molecule has 0 spiro atoms. The highest BCUT2D eigenvalue weighted by Gasteiger charge is 2.29. The highest BCUT2D eigenvalue weighted by molar-refractivity contribution is 7.89. The van der Waals surface area contributed by atoms with Gasteiger partial charge in [-0.05, 0) is 18.4 Å². The van der Waals surface area contributed by atoms with E-state index in [-0.39, 0.29) is 11.7 Å². The molecule has 1 aliphatic heterocycles. The average molecular weight is 354 g/mol. The molecule has 1 N–H and O–H groups in total. The molecule has 1 heterocycles. The van der Waals surface area contributed by atoms with Crippen LogP contribution in [0.2, 0.25) is 0 Å². The Kier molecular flexibility index (Phi) is 7.20. The number of unbranched alkanes of at least 4 members (excludes halogenated alkanes) is 1. The molecule has 2 rings (SSSR count). The second kappa shape index (κ2) is 9.15. The quantitative estimate of drug-likeness (QED) is 0.760. The van der Waals surface area contributed by atoms with Gasteiger partial charge in [0, 0.05) is 13.1 Å². The predicted molar refractivity (Wildman–Crippen MR) is 93.2 cm³/mol. The molecule has 1 amide bonds. The first-order valence-electron chi connectivity index (χ1n) is 8.42. The van der Waals surface area contributed by atoms with Crippen LogP contribution < -0.4 is 4.72 Å². The summed E-state index contributed by atoms with van der Waals surface area (Å²) in [5, 5.41) is 0. The van der Waals surface area contributed by atoms with Gasteiger partial charge in [0.1, 0.15) is 6.04 Å². The minimum Gasteiger partial charge on any atom is -0.378 e. The number of sulfonamides is 1. The molecule has 0 aliphatic carbocycles. The molecule has 0 unspecified atom stereocenters. The number of benzene rings is 1. The van der Waals surface area contributed by atoms with Crippen LogP contribution in [-0.4, -0.2) is 57.3 Å². The van der Waals surface area contributed by atoms with E-state index in [1.807, 2.05) is 37.3 Å². The molecule has 1 aromatic rings. The Morgan fingerprint density at radius 3 is 2.54 bits per heavy atom. The van der Waals surface area contributed by atoms with Gasteiger partial charge in [0.15, 0.2) is 0 Å². The molecular weight excluding hydrogens is 328 g/mol. The number of ether oxygens (including phenoxy) is 1. The van der Waals surface area contributed by atoms with Gasteiger partial charge in [-0.25, -0.2) is 13.1 Å². The van der Waals surface area contributed by atoms with Crippen molar-refractivity contribution in [2.75, 3.05) is 32.1 Å². The molecule has 7 heteroatoms. The summed E-state index contributed by atoms with van der Waals surface area (Å²) in [5.74, 6) is -0.132. The first kappa shape index (κ1) is 18.9. The number of morpholine rings is 1. The summed E-state index contributed by atoms with van der Waals surface area (Å²) in [6.07, 6.45) is 1.73. The maximum atomic E-state index is 12.8. The average Bonchev–Trinajstić information content (AvgIpc) is 2.60.